The Bertz CT molecular complexity index is 904. The average Bonchev–Trinajstić information content (AvgIpc) is 2.71. The summed E-state index contributed by atoms with van der Waals surface area (Å²) in [4.78, 5) is 27.4. The highest BCUT2D eigenvalue weighted by atomic mass is 79.9. The molecule has 1 atom stereocenters. The summed E-state index contributed by atoms with van der Waals surface area (Å²) in [7, 11) is 0. The van der Waals surface area contributed by atoms with E-state index >= 15 is 0 Å². The first-order chi connectivity index (χ1) is 14.6. The van der Waals surface area contributed by atoms with Crippen molar-refractivity contribution in [3.05, 3.63) is 63.1 Å². The molecule has 0 aliphatic rings. The molecule has 0 radical (unpaired) electrons. The van der Waals surface area contributed by atoms with E-state index in [1.54, 1.807) is 11.8 Å². The van der Waals surface area contributed by atoms with Crippen LogP contribution in [-0.4, -0.2) is 35.9 Å². The second-order valence-electron chi connectivity index (χ2n) is 8.49. The molecule has 0 heterocycles. The maximum atomic E-state index is 13.1. The van der Waals surface area contributed by atoms with Gasteiger partial charge in [-0.3, -0.25) is 9.59 Å². The number of benzene rings is 2. The minimum atomic E-state index is -0.608. The van der Waals surface area contributed by atoms with Gasteiger partial charge in [0.1, 0.15) is 11.8 Å². The molecule has 168 valence electrons. The quantitative estimate of drug-likeness (QED) is 0.543. The number of amides is 2. The number of halogens is 1. The maximum absolute atomic E-state index is 13.1. The van der Waals surface area contributed by atoms with Gasteiger partial charge in [0, 0.05) is 17.6 Å². The Labute approximate surface area is 194 Å². The highest BCUT2D eigenvalue weighted by Gasteiger charge is 2.26. The van der Waals surface area contributed by atoms with Gasteiger partial charge in [0.15, 0.2) is 6.61 Å². The third-order valence-corrected chi connectivity index (χ3v) is 6.31. The number of nitrogens with one attached hydrogen (secondary N) is 1. The number of nitrogens with zero attached hydrogens (tertiary/aromatic N) is 1. The van der Waals surface area contributed by atoms with Gasteiger partial charge in [-0.05, 0) is 62.4 Å². The minimum Gasteiger partial charge on any atom is -0.484 e. The molecule has 0 saturated heterocycles. The lowest BCUT2D eigenvalue weighted by Crippen LogP contribution is -2.49. The van der Waals surface area contributed by atoms with Gasteiger partial charge in [-0.2, -0.15) is 0 Å². The summed E-state index contributed by atoms with van der Waals surface area (Å²) in [6, 6.07) is 11.2. The highest BCUT2D eigenvalue weighted by molar-refractivity contribution is 9.10. The second-order valence-corrected chi connectivity index (χ2v) is 9.28. The van der Waals surface area contributed by atoms with E-state index in [2.05, 4.69) is 21.2 Å². The van der Waals surface area contributed by atoms with E-state index in [0.29, 0.717) is 24.8 Å². The molecule has 2 aromatic rings. The molecule has 0 fully saturated rings. The van der Waals surface area contributed by atoms with Crippen LogP contribution in [0, 0.1) is 26.7 Å². The third-order valence-electron chi connectivity index (χ3n) is 5.06. The molecular formula is C25H33BrN2O3. The molecule has 2 aromatic carbocycles. The molecule has 0 aliphatic heterocycles. The molecule has 6 heteroatoms. The van der Waals surface area contributed by atoms with Crippen molar-refractivity contribution in [1.29, 1.82) is 0 Å². The molecule has 0 spiro atoms. The van der Waals surface area contributed by atoms with Crippen LogP contribution in [0.3, 0.4) is 0 Å². The Morgan fingerprint density at radius 1 is 1.06 bits per heavy atom. The predicted octanol–water partition coefficient (Wildman–Crippen LogP) is 4.94. The van der Waals surface area contributed by atoms with Crippen molar-refractivity contribution >= 4 is 27.7 Å². The van der Waals surface area contributed by atoms with Crippen molar-refractivity contribution in [3.63, 3.8) is 0 Å². The first-order valence-electron chi connectivity index (χ1n) is 10.6. The van der Waals surface area contributed by atoms with Crippen molar-refractivity contribution in [3.8, 4) is 5.75 Å². The molecule has 2 rings (SSSR count). The summed E-state index contributed by atoms with van der Waals surface area (Å²) in [6.07, 6.45) is 0. The zero-order valence-corrected chi connectivity index (χ0v) is 20.9. The van der Waals surface area contributed by atoms with E-state index in [9.17, 15) is 9.59 Å². The maximum Gasteiger partial charge on any atom is 0.261 e. The van der Waals surface area contributed by atoms with E-state index in [4.69, 9.17) is 4.74 Å². The minimum absolute atomic E-state index is 0.131. The molecule has 31 heavy (non-hydrogen) atoms. The zero-order valence-electron chi connectivity index (χ0n) is 19.3. The van der Waals surface area contributed by atoms with Gasteiger partial charge in [-0.1, -0.05) is 59.6 Å². The molecule has 0 aromatic heterocycles. The summed E-state index contributed by atoms with van der Waals surface area (Å²) < 4.78 is 6.84. The number of rotatable bonds is 9. The average molecular weight is 489 g/mol. The molecular weight excluding hydrogens is 456 g/mol. The number of aryl methyl sites for hydroxylation is 3. The summed E-state index contributed by atoms with van der Waals surface area (Å²) >= 11 is 3.54. The van der Waals surface area contributed by atoms with Crippen molar-refractivity contribution in [2.75, 3.05) is 13.2 Å². The first kappa shape index (κ1) is 24.9. The third kappa shape index (κ3) is 7.39. The van der Waals surface area contributed by atoms with Crippen LogP contribution >= 0.6 is 15.9 Å². The normalized spacial score (nSPS) is 11.9. The number of carbonyl (C=O) groups is 2. The largest absolute Gasteiger partial charge is 0.484 e. The fourth-order valence-electron chi connectivity index (χ4n) is 3.26. The Hall–Kier alpha value is -2.34. The van der Waals surface area contributed by atoms with Crippen LogP contribution in [0.5, 0.6) is 5.75 Å². The Kier molecular flexibility index (Phi) is 9.11. The summed E-state index contributed by atoms with van der Waals surface area (Å²) in [5, 5.41) is 2.93. The van der Waals surface area contributed by atoms with Crippen molar-refractivity contribution in [2.45, 2.75) is 54.1 Å². The SMILES string of the molecule is Cc1cccc(CN(C(=O)COc2cc(C)c(Br)c(C)c2)C(C)C(=O)NCC(C)C)c1. The summed E-state index contributed by atoms with van der Waals surface area (Å²) in [6.45, 7) is 12.6. The van der Waals surface area contributed by atoms with Crippen molar-refractivity contribution in [2.24, 2.45) is 5.92 Å². The standard InChI is InChI=1S/C25H33BrN2O3/c1-16(2)13-27-25(30)20(6)28(14-21-9-7-8-17(3)10-21)23(29)15-31-22-11-18(4)24(26)19(5)12-22/h7-12,16,20H,13-15H2,1-6H3,(H,27,30). The number of carbonyl (C=O) groups excluding carboxylic acids is 2. The molecule has 2 amide bonds. The molecule has 1 N–H and O–H groups in total. The van der Waals surface area contributed by atoms with E-state index in [0.717, 1.165) is 26.7 Å². The monoisotopic (exact) mass is 488 g/mol. The van der Waals surface area contributed by atoms with E-state index in [-0.39, 0.29) is 18.4 Å². The van der Waals surface area contributed by atoms with Crippen LogP contribution in [0.25, 0.3) is 0 Å². The topological polar surface area (TPSA) is 58.6 Å². The fourth-order valence-corrected chi connectivity index (χ4v) is 3.49. The lowest BCUT2D eigenvalue weighted by atomic mass is 10.1. The molecule has 0 bridgehead atoms. The van der Waals surface area contributed by atoms with Crippen LogP contribution in [0.15, 0.2) is 40.9 Å². The van der Waals surface area contributed by atoms with Gasteiger partial charge >= 0.3 is 0 Å². The summed E-state index contributed by atoms with van der Waals surface area (Å²) in [5.41, 5.74) is 4.17. The second kappa shape index (κ2) is 11.3. The zero-order chi connectivity index (χ0) is 23.1. The van der Waals surface area contributed by atoms with Gasteiger partial charge < -0.3 is 15.0 Å². The summed E-state index contributed by atoms with van der Waals surface area (Å²) in [5.74, 6) is 0.584. The molecule has 0 saturated carbocycles. The van der Waals surface area contributed by atoms with Gasteiger partial charge in [0.05, 0.1) is 0 Å². The fraction of sp³-hybridized carbons (Fsp3) is 0.440. The van der Waals surface area contributed by atoms with Gasteiger partial charge in [0.25, 0.3) is 5.91 Å². The van der Waals surface area contributed by atoms with Crippen LogP contribution in [0.2, 0.25) is 0 Å². The Balaban J connectivity index is 2.17. The number of hydrogen-bond donors (Lipinski definition) is 1. The van der Waals surface area contributed by atoms with Crippen LogP contribution in [0.1, 0.15) is 43.0 Å². The van der Waals surface area contributed by atoms with Crippen LogP contribution in [0.4, 0.5) is 0 Å². The Morgan fingerprint density at radius 2 is 1.71 bits per heavy atom. The van der Waals surface area contributed by atoms with Gasteiger partial charge in [-0.15, -0.1) is 0 Å². The smallest absolute Gasteiger partial charge is 0.261 e. The highest BCUT2D eigenvalue weighted by Crippen LogP contribution is 2.26. The predicted molar refractivity (Wildman–Crippen MR) is 128 cm³/mol. The van der Waals surface area contributed by atoms with E-state index < -0.39 is 6.04 Å². The lowest BCUT2D eigenvalue weighted by molar-refractivity contribution is -0.142. The lowest BCUT2D eigenvalue weighted by Gasteiger charge is -2.29. The van der Waals surface area contributed by atoms with Crippen LogP contribution in [-0.2, 0) is 16.1 Å². The van der Waals surface area contributed by atoms with Gasteiger partial charge in [-0.25, -0.2) is 0 Å². The van der Waals surface area contributed by atoms with E-state index in [1.165, 1.54) is 0 Å². The van der Waals surface area contributed by atoms with Gasteiger partial charge in [0.2, 0.25) is 5.91 Å². The first-order valence-corrected chi connectivity index (χ1v) is 11.4. The number of ether oxygens (including phenoxy) is 1. The number of hydrogen-bond acceptors (Lipinski definition) is 3. The van der Waals surface area contributed by atoms with Crippen molar-refractivity contribution < 1.29 is 14.3 Å². The Morgan fingerprint density at radius 3 is 2.29 bits per heavy atom. The molecule has 5 nitrogen and oxygen atoms in total. The van der Waals surface area contributed by atoms with Crippen LogP contribution < -0.4 is 10.1 Å². The molecule has 1 unspecified atom stereocenters. The van der Waals surface area contributed by atoms with Crippen molar-refractivity contribution in [1.82, 2.24) is 10.2 Å². The van der Waals surface area contributed by atoms with E-state index in [1.807, 2.05) is 71.0 Å². The molecule has 0 aliphatic carbocycles.